The van der Waals surface area contributed by atoms with Crippen molar-refractivity contribution in [3.8, 4) is 33.4 Å². The molecule has 2 aliphatic rings. The van der Waals surface area contributed by atoms with Crippen LogP contribution in [0.1, 0.15) is 44.5 Å². The van der Waals surface area contributed by atoms with E-state index in [1.54, 1.807) is 0 Å². The highest BCUT2D eigenvalue weighted by atomic mass is 16.3. The molecule has 0 spiro atoms. The van der Waals surface area contributed by atoms with E-state index >= 15 is 0 Å². The van der Waals surface area contributed by atoms with Crippen molar-refractivity contribution in [1.82, 2.24) is 0 Å². The molecule has 0 saturated heterocycles. The fraction of sp³-hybridized carbons (Fsp3) is 0.0294. The maximum absolute atomic E-state index is 6.57. The molecular formula is C68H45NO. The molecule has 0 saturated carbocycles. The lowest BCUT2D eigenvalue weighted by molar-refractivity contribution is 0.670. The van der Waals surface area contributed by atoms with Crippen LogP contribution in [-0.2, 0) is 10.8 Å². The van der Waals surface area contributed by atoms with Crippen LogP contribution >= 0.6 is 0 Å². The lowest BCUT2D eigenvalue weighted by Crippen LogP contribution is -2.29. The van der Waals surface area contributed by atoms with Gasteiger partial charge in [0, 0.05) is 33.4 Å². The summed E-state index contributed by atoms with van der Waals surface area (Å²) in [6.45, 7) is 0. The third-order valence-electron chi connectivity index (χ3n) is 15.2. The van der Waals surface area contributed by atoms with Crippen LogP contribution in [0, 0.1) is 0 Å². The summed E-state index contributed by atoms with van der Waals surface area (Å²) in [7, 11) is 0. The Kier molecular flexibility index (Phi) is 9.06. The Balaban J connectivity index is 1.02. The Morgan fingerprint density at radius 3 is 1.16 bits per heavy atom. The Hall–Kier alpha value is -8.98. The number of para-hydroxylation sites is 2. The zero-order chi connectivity index (χ0) is 46.2. The first-order chi connectivity index (χ1) is 34.7. The molecule has 12 aromatic rings. The zero-order valence-corrected chi connectivity index (χ0v) is 38.3. The smallest absolute Gasteiger partial charge is 0.143 e. The predicted octanol–water partition coefficient (Wildman–Crippen LogP) is 17.4. The monoisotopic (exact) mass is 891 g/mol. The van der Waals surface area contributed by atoms with Gasteiger partial charge in [-0.25, -0.2) is 0 Å². The van der Waals surface area contributed by atoms with E-state index in [9.17, 15) is 0 Å². The van der Waals surface area contributed by atoms with E-state index in [-0.39, 0.29) is 0 Å². The molecule has 0 radical (unpaired) electrons. The quantitative estimate of drug-likeness (QED) is 0.151. The molecule has 11 aromatic carbocycles. The van der Waals surface area contributed by atoms with E-state index in [0.717, 1.165) is 50.1 Å². The van der Waals surface area contributed by atoms with Gasteiger partial charge < -0.3 is 9.32 Å². The average molecular weight is 892 g/mol. The van der Waals surface area contributed by atoms with E-state index in [0.29, 0.717) is 0 Å². The van der Waals surface area contributed by atoms with Crippen LogP contribution in [0.25, 0.3) is 55.3 Å². The van der Waals surface area contributed by atoms with Gasteiger partial charge in [-0.2, -0.15) is 0 Å². The number of hydrogen-bond donors (Lipinski definition) is 0. The summed E-state index contributed by atoms with van der Waals surface area (Å²) < 4.78 is 6.57. The molecule has 14 rings (SSSR count). The summed E-state index contributed by atoms with van der Waals surface area (Å²) in [5.74, 6) is 0. The summed E-state index contributed by atoms with van der Waals surface area (Å²) in [6.07, 6.45) is 0. The van der Waals surface area contributed by atoms with Gasteiger partial charge in [-0.1, -0.05) is 231 Å². The van der Waals surface area contributed by atoms with E-state index in [4.69, 9.17) is 4.42 Å². The first-order valence-corrected chi connectivity index (χ1v) is 24.2. The summed E-state index contributed by atoms with van der Waals surface area (Å²) in [6, 6.07) is 101. The van der Waals surface area contributed by atoms with Crippen LogP contribution in [-0.4, -0.2) is 0 Å². The number of anilines is 3. The number of rotatable bonds is 8. The molecule has 0 atom stereocenters. The van der Waals surface area contributed by atoms with Crippen molar-refractivity contribution in [1.29, 1.82) is 0 Å². The Morgan fingerprint density at radius 2 is 0.657 bits per heavy atom. The first kappa shape index (κ1) is 40.1. The summed E-state index contributed by atoms with van der Waals surface area (Å²) in [4.78, 5) is 2.47. The van der Waals surface area contributed by atoms with Gasteiger partial charge in [-0.15, -0.1) is 0 Å². The normalized spacial score (nSPS) is 13.7. The molecule has 0 aliphatic heterocycles. The number of benzene rings is 11. The average Bonchev–Trinajstić information content (AvgIpc) is 4.07. The molecule has 1 heterocycles. The number of fused-ring (bicyclic) bond motifs is 9. The molecular weight excluding hydrogens is 847 g/mol. The molecule has 2 nitrogen and oxygen atoms in total. The molecule has 0 unspecified atom stereocenters. The van der Waals surface area contributed by atoms with E-state index in [1.807, 2.05) is 6.07 Å². The van der Waals surface area contributed by atoms with Gasteiger partial charge in [0.15, 0.2) is 0 Å². The minimum Gasteiger partial charge on any atom is -0.455 e. The van der Waals surface area contributed by atoms with Gasteiger partial charge in [0.05, 0.1) is 10.8 Å². The van der Waals surface area contributed by atoms with Crippen LogP contribution in [0.2, 0.25) is 0 Å². The van der Waals surface area contributed by atoms with E-state index in [2.05, 4.69) is 272 Å². The highest BCUT2D eigenvalue weighted by molar-refractivity contribution is 6.09. The molecule has 1 aromatic heterocycles. The van der Waals surface area contributed by atoms with Crippen molar-refractivity contribution >= 4 is 39.0 Å². The van der Waals surface area contributed by atoms with Crippen molar-refractivity contribution in [2.24, 2.45) is 0 Å². The van der Waals surface area contributed by atoms with Gasteiger partial charge >= 0.3 is 0 Å². The zero-order valence-electron chi connectivity index (χ0n) is 38.3. The SMILES string of the molecule is c1ccc(C2(c3ccccc3)c3ccccc3-c3ccc(N(c4ccc(-c5cccc6c5oc5ccccc56)cc4)c4ccc5c(c4)C(c4ccccc4)(c4ccccc4)c4ccccc4-5)cc32)cc1. The molecule has 0 fully saturated rings. The molecule has 0 N–H and O–H groups in total. The second kappa shape index (κ2) is 15.8. The van der Waals surface area contributed by atoms with Crippen molar-refractivity contribution in [2.75, 3.05) is 4.90 Å². The van der Waals surface area contributed by atoms with Gasteiger partial charge in [0.25, 0.3) is 0 Å². The molecule has 2 heteroatoms. The lowest BCUT2D eigenvalue weighted by atomic mass is 9.67. The van der Waals surface area contributed by atoms with Gasteiger partial charge in [0.2, 0.25) is 0 Å². The number of nitrogens with zero attached hydrogens (tertiary/aromatic N) is 1. The third kappa shape index (κ3) is 5.74. The second-order valence-electron chi connectivity index (χ2n) is 18.7. The summed E-state index contributed by atoms with van der Waals surface area (Å²) in [5.41, 5.74) is 21.2. The van der Waals surface area contributed by atoms with Crippen LogP contribution in [0.15, 0.2) is 277 Å². The van der Waals surface area contributed by atoms with Crippen molar-refractivity contribution in [3.63, 3.8) is 0 Å². The Morgan fingerprint density at radius 1 is 0.271 bits per heavy atom. The fourth-order valence-corrected chi connectivity index (χ4v) is 12.4. The van der Waals surface area contributed by atoms with E-state index in [1.165, 1.54) is 66.8 Å². The van der Waals surface area contributed by atoms with E-state index < -0.39 is 10.8 Å². The maximum Gasteiger partial charge on any atom is 0.143 e. The minimum absolute atomic E-state index is 0.555. The number of furan rings is 1. The largest absolute Gasteiger partial charge is 0.455 e. The maximum atomic E-state index is 6.57. The highest BCUT2D eigenvalue weighted by Gasteiger charge is 2.48. The van der Waals surface area contributed by atoms with Crippen LogP contribution in [0.4, 0.5) is 17.1 Å². The standard InChI is InChI=1S/C68H45NO/c1-5-20-47(21-6-1)67(48-22-7-2-8-23-48)61-33-16-13-28-55(61)57-42-40-52(44-63(57)67)69(51-38-36-46(37-39-51)54-31-19-32-60-59-30-15-18-35-65(59)70-66(54)60)53-41-43-58-56-29-14-17-34-62(56)68(64(58)45-53,49-24-9-3-10-25-49)50-26-11-4-12-27-50/h1-45H. The molecule has 328 valence electrons. The fourth-order valence-electron chi connectivity index (χ4n) is 12.4. The molecule has 0 amide bonds. The highest BCUT2D eigenvalue weighted by Crippen LogP contribution is 2.59. The first-order valence-electron chi connectivity index (χ1n) is 24.2. The van der Waals surface area contributed by atoms with Crippen LogP contribution in [0.3, 0.4) is 0 Å². The predicted molar refractivity (Wildman–Crippen MR) is 288 cm³/mol. The Labute approximate surface area is 408 Å². The van der Waals surface area contributed by atoms with Gasteiger partial charge in [-0.05, 0) is 115 Å². The minimum atomic E-state index is -0.555. The van der Waals surface area contributed by atoms with Crippen LogP contribution < -0.4 is 4.90 Å². The summed E-state index contributed by atoms with van der Waals surface area (Å²) >= 11 is 0. The van der Waals surface area contributed by atoms with Crippen molar-refractivity contribution in [2.45, 2.75) is 10.8 Å². The molecule has 70 heavy (non-hydrogen) atoms. The Bertz CT molecular complexity index is 3670. The topological polar surface area (TPSA) is 16.4 Å². The molecule has 0 bridgehead atoms. The lowest BCUT2D eigenvalue weighted by Gasteiger charge is -2.36. The molecule has 2 aliphatic carbocycles. The second-order valence-corrected chi connectivity index (χ2v) is 18.7. The van der Waals surface area contributed by atoms with Crippen molar-refractivity contribution in [3.05, 3.63) is 317 Å². The summed E-state index contributed by atoms with van der Waals surface area (Å²) in [5, 5.41) is 2.25. The van der Waals surface area contributed by atoms with Gasteiger partial charge in [-0.3, -0.25) is 0 Å². The third-order valence-corrected chi connectivity index (χ3v) is 15.2. The van der Waals surface area contributed by atoms with Gasteiger partial charge in [0.1, 0.15) is 11.2 Å². The van der Waals surface area contributed by atoms with Crippen molar-refractivity contribution < 1.29 is 4.42 Å². The number of hydrogen-bond acceptors (Lipinski definition) is 2. The van der Waals surface area contributed by atoms with Crippen LogP contribution in [0.5, 0.6) is 0 Å².